The van der Waals surface area contributed by atoms with Gasteiger partial charge in [0.05, 0.1) is 4.90 Å². The lowest BCUT2D eigenvalue weighted by molar-refractivity contribution is 0.295. The van der Waals surface area contributed by atoms with Gasteiger partial charge < -0.3 is 16.0 Å². The first-order valence-corrected chi connectivity index (χ1v) is 15.3. The van der Waals surface area contributed by atoms with Crippen LogP contribution >= 0.6 is 0 Å². The van der Waals surface area contributed by atoms with Gasteiger partial charge in [-0.05, 0) is 99.1 Å². The average Bonchev–Trinajstić information content (AvgIpc) is 3.29. The van der Waals surface area contributed by atoms with Crippen LogP contribution in [0, 0.1) is 5.92 Å². The zero-order chi connectivity index (χ0) is 25.1. The van der Waals surface area contributed by atoms with Gasteiger partial charge in [0.1, 0.15) is 0 Å². The summed E-state index contributed by atoms with van der Waals surface area (Å²) in [7, 11) is -1.54. The average molecular weight is 511 g/mol. The predicted molar refractivity (Wildman–Crippen MR) is 147 cm³/mol. The Labute approximate surface area is 217 Å². The van der Waals surface area contributed by atoms with Crippen LogP contribution in [-0.4, -0.2) is 46.0 Å². The van der Waals surface area contributed by atoms with Crippen molar-refractivity contribution < 1.29 is 8.42 Å². The molecule has 0 radical (unpaired) electrons. The normalized spacial score (nSPS) is 23.6. The lowest BCUT2D eigenvalue weighted by Crippen LogP contribution is -2.32. The van der Waals surface area contributed by atoms with Crippen LogP contribution in [0.1, 0.15) is 75.0 Å². The number of sulfonamides is 1. The van der Waals surface area contributed by atoms with E-state index in [4.69, 9.17) is 5.73 Å². The minimum Gasteiger partial charge on any atom is -0.399 e. The minimum absolute atomic E-state index is 0.309. The molecule has 0 bridgehead atoms. The van der Waals surface area contributed by atoms with Crippen molar-refractivity contribution in [2.75, 3.05) is 32.4 Å². The third-order valence-electron chi connectivity index (χ3n) is 8.65. The number of hydrogen-bond acceptors (Lipinski definition) is 5. The molecule has 6 nitrogen and oxygen atoms in total. The van der Waals surface area contributed by atoms with Gasteiger partial charge in [0.25, 0.3) is 0 Å². The minimum atomic E-state index is -3.66. The quantitative estimate of drug-likeness (QED) is 0.442. The van der Waals surface area contributed by atoms with Crippen molar-refractivity contribution in [3.05, 3.63) is 47.5 Å². The molecule has 1 saturated heterocycles. The number of nitrogens with zero attached hydrogens (tertiary/aromatic N) is 1. The van der Waals surface area contributed by atoms with E-state index in [0.717, 1.165) is 50.3 Å². The molecule has 1 unspecified atom stereocenters. The summed E-state index contributed by atoms with van der Waals surface area (Å²) in [5, 5.41) is 3.76. The standard InChI is InChI=1S/C29H42N4O2S/c1-33-17-5-8-25(33)14-16-32-36(34,35)29-12-11-24(30)20-27(29)23-10-9-22-13-15-31-28(26(22)19-23)18-21-6-3-2-4-7-21/h9-12,19-21,25,28,31-32H,2-8,13-18,30H2,1H3/t25-,28?/m0/s1. The van der Waals surface area contributed by atoms with Crippen molar-refractivity contribution in [2.24, 2.45) is 5.92 Å². The van der Waals surface area contributed by atoms with Crippen LogP contribution in [0.25, 0.3) is 11.1 Å². The molecule has 1 aliphatic carbocycles. The van der Waals surface area contributed by atoms with Crippen LogP contribution in [0.3, 0.4) is 0 Å². The van der Waals surface area contributed by atoms with Gasteiger partial charge in [-0.1, -0.05) is 44.2 Å². The number of nitrogens with two attached hydrogens (primary N) is 1. The van der Waals surface area contributed by atoms with Crippen molar-refractivity contribution in [2.45, 2.75) is 81.2 Å². The molecular formula is C29H42N4O2S. The van der Waals surface area contributed by atoms with Crippen LogP contribution in [0.4, 0.5) is 5.69 Å². The fourth-order valence-electron chi connectivity index (χ4n) is 6.56. The first-order chi connectivity index (χ1) is 17.4. The van der Waals surface area contributed by atoms with Gasteiger partial charge in [0, 0.05) is 29.9 Å². The number of fused-ring (bicyclic) bond motifs is 1. The van der Waals surface area contributed by atoms with Crippen molar-refractivity contribution in [3.63, 3.8) is 0 Å². The largest absolute Gasteiger partial charge is 0.399 e. The Morgan fingerprint density at radius 3 is 2.67 bits per heavy atom. The third kappa shape index (κ3) is 5.80. The molecule has 2 heterocycles. The van der Waals surface area contributed by atoms with E-state index in [-0.39, 0.29) is 0 Å². The van der Waals surface area contributed by atoms with Gasteiger partial charge in [0.15, 0.2) is 0 Å². The van der Waals surface area contributed by atoms with Crippen LogP contribution in [-0.2, 0) is 16.4 Å². The summed E-state index contributed by atoms with van der Waals surface area (Å²) in [4.78, 5) is 2.64. The van der Waals surface area contributed by atoms with Crippen LogP contribution in [0.2, 0.25) is 0 Å². The Morgan fingerprint density at radius 2 is 1.89 bits per heavy atom. The van der Waals surface area contributed by atoms with E-state index in [1.54, 1.807) is 12.1 Å². The molecule has 0 spiro atoms. The third-order valence-corrected chi connectivity index (χ3v) is 10.2. The smallest absolute Gasteiger partial charge is 0.241 e. The predicted octanol–water partition coefficient (Wildman–Crippen LogP) is 4.86. The van der Waals surface area contributed by atoms with Crippen LogP contribution < -0.4 is 15.8 Å². The van der Waals surface area contributed by atoms with Gasteiger partial charge in [0.2, 0.25) is 10.0 Å². The first kappa shape index (κ1) is 25.7. The van der Waals surface area contributed by atoms with Crippen LogP contribution in [0.5, 0.6) is 0 Å². The summed E-state index contributed by atoms with van der Waals surface area (Å²) in [6.07, 6.45) is 12.0. The Hall–Kier alpha value is -1.93. The second-order valence-corrected chi connectivity index (χ2v) is 12.9. The van der Waals surface area contributed by atoms with Crippen molar-refractivity contribution >= 4 is 15.7 Å². The topological polar surface area (TPSA) is 87.5 Å². The highest BCUT2D eigenvalue weighted by molar-refractivity contribution is 7.89. The van der Waals surface area contributed by atoms with Crippen molar-refractivity contribution in [1.29, 1.82) is 0 Å². The summed E-state index contributed by atoms with van der Waals surface area (Å²) in [6, 6.07) is 12.4. The van der Waals surface area contributed by atoms with Crippen LogP contribution in [0.15, 0.2) is 41.3 Å². The molecule has 1 saturated carbocycles. The number of nitrogens with one attached hydrogen (secondary N) is 2. The van der Waals surface area contributed by atoms with E-state index in [9.17, 15) is 8.42 Å². The van der Waals surface area contributed by atoms with E-state index in [1.165, 1.54) is 49.7 Å². The van der Waals surface area contributed by atoms with E-state index >= 15 is 0 Å². The lowest BCUT2D eigenvalue weighted by atomic mass is 9.80. The van der Waals surface area contributed by atoms with Crippen molar-refractivity contribution in [1.82, 2.24) is 14.9 Å². The molecule has 2 aliphatic heterocycles. The molecule has 5 rings (SSSR count). The monoisotopic (exact) mass is 510 g/mol. The van der Waals surface area contributed by atoms with E-state index < -0.39 is 10.0 Å². The summed E-state index contributed by atoms with van der Waals surface area (Å²) < 4.78 is 29.7. The van der Waals surface area contributed by atoms with Gasteiger partial charge >= 0.3 is 0 Å². The summed E-state index contributed by atoms with van der Waals surface area (Å²) in [6.45, 7) is 2.54. The summed E-state index contributed by atoms with van der Waals surface area (Å²) in [5.41, 5.74) is 11.1. The Kier molecular flexibility index (Phi) is 8.01. The van der Waals surface area contributed by atoms with Gasteiger partial charge in [-0.25, -0.2) is 13.1 Å². The molecule has 0 aromatic heterocycles. The van der Waals surface area contributed by atoms with Crippen molar-refractivity contribution in [3.8, 4) is 11.1 Å². The molecular weight excluding hydrogens is 468 g/mol. The molecule has 2 aromatic rings. The maximum atomic E-state index is 13.4. The second-order valence-electron chi connectivity index (χ2n) is 11.1. The Morgan fingerprint density at radius 1 is 1.06 bits per heavy atom. The number of hydrogen-bond donors (Lipinski definition) is 3. The summed E-state index contributed by atoms with van der Waals surface area (Å²) >= 11 is 0. The molecule has 4 N–H and O–H groups in total. The summed E-state index contributed by atoms with van der Waals surface area (Å²) in [5.74, 6) is 0.775. The zero-order valence-corrected chi connectivity index (χ0v) is 22.5. The first-order valence-electron chi connectivity index (χ1n) is 13.9. The highest BCUT2D eigenvalue weighted by Crippen LogP contribution is 2.38. The number of likely N-dealkylation sites (tertiary alicyclic amines) is 1. The van der Waals surface area contributed by atoms with E-state index in [0.29, 0.717) is 34.8 Å². The van der Waals surface area contributed by atoms with E-state index in [1.807, 2.05) is 6.07 Å². The maximum Gasteiger partial charge on any atom is 0.241 e. The fourth-order valence-corrected chi connectivity index (χ4v) is 7.82. The Bertz CT molecular complexity index is 1160. The fraction of sp³-hybridized carbons (Fsp3) is 0.586. The SMILES string of the molecule is CN1CCC[C@H]1CCNS(=O)(=O)c1ccc(N)cc1-c1ccc2c(c1)C(CC1CCCCC1)NCC2. The molecule has 196 valence electrons. The molecule has 36 heavy (non-hydrogen) atoms. The highest BCUT2D eigenvalue weighted by atomic mass is 32.2. The molecule has 7 heteroatoms. The second kappa shape index (κ2) is 11.2. The molecule has 3 aliphatic rings. The molecule has 2 atom stereocenters. The van der Waals surface area contributed by atoms with Gasteiger partial charge in [-0.3, -0.25) is 0 Å². The zero-order valence-electron chi connectivity index (χ0n) is 21.6. The number of rotatable bonds is 8. The Balaban J connectivity index is 1.39. The number of anilines is 1. The molecule has 2 aromatic carbocycles. The maximum absolute atomic E-state index is 13.4. The van der Waals surface area contributed by atoms with Gasteiger partial charge in [-0.15, -0.1) is 0 Å². The number of nitrogen functional groups attached to an aromatic ring is 1. The molecule has 2 fully saturated rings. The van der Waals surface area contributed by atoms with Gasteiger partial charge in [-0.2, -0.15) is 0 Å². The highest BCUT2D eigenvalue weighted by Gasteiger charge is 2.27. The van der Waals surface area contributed by atoms with E-state index in [2.05, 4.69) is 40.2 Å². The number of benzene rings is 2. The molecule has 0 amide bonds. The lowest BCUT2D eigenvalue weighted by Gasteiger charge is -2.32.